The highest BCUT2D eigenvalue weighted by atomic mass is 35.5. The average Bonchev–Trinajstić information content (AvgIpc) is 2.83. The van der Waals surface area contributed by atoms with Gasteiger partial charge < -0.3 is 30.3 Å². The molecule has 1 aromatic rings. The van der Waals surface area contributed by atoms with E-state index in [0.717, 1.165) is 5.56 Å². The molecule has 1 heterocycles. The predicted molar refractivity (Wildman–Crippen MR) is 93.3 cm³/mol. The molecule has 1 amide bonds. The number of ether oxygens (including phenoxy) is 2. The van der Waals surface area contributed by atoms with Gasteiger partial charge in [0.15, 0.2) is 0 Å². The van der Waals surface area contributed by atoms with Crippen LogP contribution in [0.15, 0.2) is 24.3 Å². The third kappa shape index (κ3) is 6.22. The van der Waals surface area contributed by atoms with E-state index in [9.17, 15) is 15.0 Å². The molecule has 1 aliphatic rings. The van der Waals surface area contributed by atoms with Gasteiger partial charge in [0.1, 0.15) is 12.2 Å². The minimum absolute atomic E-state index is 0.00721. The van der Waals surface area contributed by atoms with Crippen molar-refractivity contribution < 1.29 is 24.5 Å². The van der Waals surface area contributed by atoms with Crippen LogP contribution in [0.1, 0.15) is 12.0 Å². The summed E-state index contributed by atoms with van der Waals surface area (Å²) in [7, 11) is 1.55. The van der Waals surface area contributed by atoms with E-state index in [4.69, 9.17) is 21.1 Å². The summed E-state index contributed by atoms with van der Waals surface area (Å²) in [6.07, 6.45) is -3.44. The molecule has 8 heteroatoms. The van der Waals surface area contributed by atoms with Crippen LogP contribution in [0.25, 0.3) is 0 Å². The number of methoxy groups -OCH3 is 1. The number of carbonyl (C=O) groups excluding carboxylic acids is 1. The first-order valence-corrected chi connectivity index (χ1v) is 8.61. The molecule has 0 saturated carbocycles. The minimum atomic E-state index is -1.09. The Kier molecular flexibility index (Phi) is 8.08. The lowest BCUT2D eigenvalue weighted by molar-refractivity contribution is -0.125. The van der Waals surface area contributed by atoms with Gasteiger partial charge in [-0.2, -0.15) is 0 Å². The van der Waals surface area contributed by atoms with Crippen LogP contribution in [0.2, 0.25) is 5.02 Å². The summed E-state index contributed by atoms with van der Waals surface area (Å²) in [4.78, 5) is 11.8. The Hall–Kier alpha value is -1.22. The van der Waals surface area contributed by atoms with E-state index in [1.165, 1.54) is 0 Å². The van der Waals surface area contributed by atoms with E-state index in [-0.39, 0.29) is 12.3 Å². The highest BCUT2D eigenvalue weighted by Gasteiger charge is 2.42. The molecule has 1 saturated heterocycles. The number of rotatable bonds is 9. The van der Waals surface area contributed by atoms with Gasteiger partial charge in [0.05, 0.1) is 25.2 Å². The van der Waals surface area contributed by atoms with Crippen molar-refractivity contribution in [3.05, 3.63) is 34.9 Å². The fourth-order valence-electron chi connectivity index (χ4n) is 2.72. The highest BCUT2D eigenvalue weighted by Crippen LogP contribution is 2.23. The van der Waals surface area contributed by atoms with E-state index in [1.54, 1.807) is 13.2 Å². The molecule has 0 aromatic heterocycles. The lowest BCUT2D eigenvalue weighted by atomic mass is 10.1. The molecule has 0 aliphatic carbocycles. The number of aliphatic hydroxyl groups excluding tert-OH is 2. The standard InChI is InChI=1S/C17H25ClN2O5/c1-24-6-5-20-15(21)8-13-16(22)17(23)14(25-13)10-19-9-11-3-2-4-12(18)7-11/h2-4,7,13-14,16-17,19,22-23H,5-6,8-10H2,1H3,(H,20,21). The Balaban J connectivity index is 1.75. The number of aliphatic hydroxyl groups is 2. The maximum atomic E-state index is 11.8. The first-order valence-electron chi connectivity index (χ1n) is 8.23. The largest absolute Gasteiger partial charge is 0.388 e. The highest BCUT2D eigenvalue weighted by molar-refractivity contribution is 6.30. The van der Waals surface area contributed by atoms with Crippen LogP contribution in [-0.2, 0) is 20.8 Å². The summed E-state index contributed by atoms with van der Waals surface area (Å²) in [6, 6.07) is 7.45. The molecule has 1 aromatic carbocycles. The summed E-state index contributed by atoms with van der Waals surface area (Å²) in [5.41, 5.74) is 1.01. The van der Waals surface area contributed by atoms with Gasteiger partial charge in [-0.3, -0.25) is 4.79 Å². The van der Waals surface area contributed by atoms with Gasteiger partial charge >= 0.3 is 0 Å². The maximum Gasteiger partial charge on any atom is 0.222 e. The van der Waals surface area contributed by atoms with Crippen molar-refractivity contribution in [3.63, 3.8) is 0 Å². The van der Waals surface area contributed by atoms with Gasteiger partial charge in [0, 0.05) is 31.8 Å². The zero-order chi connectivity index (χ0) is 18.2. The van der Waals surface area contributed by atoms with E-state index in [0.29, 0.717) is 31.3 Å². The van der Waals surface area contributed by atoms with Crippen molar-refractivity contribution in [1.29, 1.82) is 0 Å². The molecule has 4 unspecified atom stereocenters. The molecular formula is C17H25ClN2O5. The van der Waals surface area contributed by atoms with Gasteiger partial charge in [-0.15, -0.1) is 0 Å². The van der Waals surface area contributed by atoms with E-state index in [1.807, 2.05) is 18.2 Å². The van der Waals surface area contributed by atoms with Gasteiger partial charge in [-0.05, 0) is 17.7 Å². The molecule has 0 spiro atoms. The number of carbonyl (C=O) groups is 1. The molecule has 4 N–H and O–H groups in total. The molecule has 0 radical (unpaired) electrons. The second-order valence-electron chi connectivity index (χ2n) is 6.00. The molecule has 1 aliphatic heterocycles. The van der Waals surface area contributed by atoms with Crippen molar-refractivity contribution in [3.8, 4) is 0 Å². The summed E-state index contributed by atoms with van der Waals surface area (Å²) in [5, 5.41) is 26.7. The molecule has 0 bridgehead atoms. The minimum Gasteiger partial charge on any atom is -0.388 e. The summed E-state index contributed by atoms with van der Waals surface area (Å²) >= 11 is 5.93. The van der Waals surface area contributed by atoms with Gasteiger partial charge in [0.2, 0.25) is 5.91 Å². The number of nitrogens with one attached hydrogen (secondary N) is 2. The second-order valence-corrected chi connectivity index (χ2v) is 6.44. The van der Waals surface area contributed by atoms with Crippen LogP contribution >= 0.6 is 11.6 Å². The van der Waals surface area contributed by atoms with Gasteiger partial charge in [-0.1, -0.05) is 23.7 Å². The zero-order valence-corrected chi connectivity index (χ0v) is 14.9. The van der Waals surface area contributed by atoms with Crippen LogP contribution in [0, 0.1) is 0 Å². The van der Waals surface area contributed by atoms with Gasteiger partial charge in [-0.25, -0.2) is 0 Å². The van der Waals surface area contributed by atoms with Crippen LogP contribution in [0.5, 0.6) is 0 Å². The Morgan fingerprint density at radius 2 is 2.08 bits per heavy atom. The van der Waals surface area contributed by atoms with Crippen LogP contribution in [0.3, 0.4) is 0 Å². The average molecular weight is 373 g/mol. The molecule has 4 atom stereocenters. The SMILES string of the molecule is COCCNC(=O)CC1OC(CNCc2cccc(Cl)c2)C(O)C1O. The van der Waals surface area contributed by atoms with E-state index >= 15 is 0 Å². The van der Waals surface area contributed by atoms with Crippen molar-refractivity contribution in [1.82, 2.24) is 10.6 Å². The molecule has 25 heavy (non-hydrogen) atoms. The Bertz CT molecular complexity index is 560. The molecule has 2 rings (SSSR count). The smallest absolute Gasteiger partial charge is 0.222 e. The number of hydrogen-bond donors (Lipinski definition) is 4. The number of hydrogen-bond acceptors (Lipinski definition) is 6. The lowest BCUT2D eigenvalue weighted by Gasteiger charge is -2.15. The number of amides is 1. The first kappa shape index (κ1) is 20.1. The summed E-state index contributed by atoms with van der Waals surface area (Å²) in [5.74, 6) is -0.249. The first-order chi connectivity index (χ1) is 12.0. The number of benzene rings is 1. The topological polar surface area (TPSA) is 100 Å². The van der Waals surface area contributed by atoms with Gasteiger partial charge in [0.25, 0.3) is 0 Å². The van der Waals surface area contributed by atoms with Crippen molar-refractivity contribution in [2.45, 2.75) is 37.4 Å². The third-order valence-electron chi connectivity index (χ3n) is 4.04. The molecular weight excluding hydrogens is 348 g/mol. The molecule has 1 fully saturated rings. The Morgan fingerprint density at radius 3 is 2.80 bits per heavy atom. The Morgan fingerprint density at radius 1 is 1.32 bits per heavy atom. The summed E-state index contributed by atoms with van der Waals surface area (Å²) < 4.78 is 10.5. The lowest BCUT2D eigenvalue weighted by Crippen LogP contribution is -2.38. The quantitative estimate of drug-likeness (QED) is 0.458. The van der Waals surface area contributed by atoms with E-state index in [2.05, 4.69) is 10.6 Å². The monoisotopic (exact) mass is 372 g/mol. The fraction of sp³-hybridized carbons (Fsp3) is 0.588. The van der Waals surface area contributed by atoms with Crippen molar-refractivity contribution in [2.75, 3.05) is 26.8 Å². The van der Waals surface area contributed by atoms with E-state index < -0.39 is 24.4 Å². The van der Waals surface area contributed by atoms with Crippen molar-refractivity contribution >= 4 is 17.5 Å². The van der Waals surface area contributed by atoms with Crippen LogP contribution < -0.4 is 10.6 Å². The zero-order valence-electron chi connectivity index (χ0n) is 14.2. The fourth-order valence-corrected chi connectivity index (χ4v) is 2.93. The molecule has 140 valence electrons. The molecule has 7 nitrogen and oxygen atoms in total. The summed E-state index contributed by atoms with van der Waals surface area (Å²) in [6.45, 7) is 1.72. The number of halogens is 1. The second kappa shape index (κ2) is 10.1. The maximum absolute atomic E-state index is 11.8. The normalized spacial score (nSPS) is 25.9. The Labute approximate surface area is 152 Å². The predicted octanol–water partition coefficient (Wildman–Crippen LogP) is 0.0715. The van der Waals surface area contributed by atoms with Crippen LogP contribution in [0.4, 0.5) is 0 Å². The van der Waals surface area contributed by atoms with Crippen LogP contribution in [-0.4, -0.2) is 67.3 Å². The third-order valence-corrected chi connectivity index (χ3v) is 4.28. The van der Waals surface area contributed by atoms with Crippen molar-refractivity contribution in [2.24, 2.45) is 0 Å².